The van der Waals surface area contributed by atoms with Gasteiger partial charge in [-0.3, -0.25) is 4.79 Å². The van der Waals surface area contributed by atoms with Crippen molar-refractivity contribution < 1.29 is 9.90 Å². The van der Waals surface area contributed by atoms with Crippen LogP contribution in [0.2, 0.25) is 0 Å². The lowest BCUT2D eigenvalue weighted by Gasteiger charge is -2.02. The predicted octanol–water partition coefficient (Wildman–Crippen LogP) is 3.57. The largest absolute Gasteiger partial charge is 0.481 e. The second kappa shape index (κ2) is 7.04. The average molecular weight is 220 g/mol. The Balaban J connectivity index is 2.09. The lowest BCUT2D eigenvalue weighted by atomic mass is 10.0. The van der Waals surface area contributed by atoms with Gasteiger partial charge in [-0.15, -0.1) is 0 Å². The fourth-order valence-electron chi connectivity index (χ4n) is 1.83. The highest BCUT2D eigenvalue weighted by Crippen LogP contribution is 2.10. The van der Waals surface area contributed by atoms with Crippen molar-refractivity contribution in [3.05, 3.63) is 35.4 Å². The number of carbonyl (C=O) groups is 1. The molecule has 0 amide bonds. The topological polar surface area (TPSA) is 37.3 Å². The summed E-state index contributed by atoms with van der Waals surface area (Å²) in [6.45, 7) is 2.11. The number of benzene rings is 1. The molecule has 0 aliphatic carbocycles. The second-order valence-corrected chi connectivity index (χ2v) is 4.30. The highest BCUT2D eigenvalue weighted by atomic mass is 16.4. The van der Waals surface area contributed by atoms with Crippen LogP contribution in [0, 0.1) is 6.92 Å². The number of hydrogen-bond donors (Lipinski definition) is 1. The molecule has 0 saturated carbocycles. The number of unbranched alkanes of at least 4 members (excludes halogenated alkanes) is 3. The lowest BCUT2D eigenvalue weighted by Crippen LogP contribution is -1.94. The standard InChI is InChI=1S/C14H20O2/c1-12-7-6-9-13(11-12)8-4-2-3-5-10-14(15)16/h6-7,9,11H,2-5,8,10H2,1H3,(H,15,16). The molecule has 0 radical (unpaired) electrons. The van der Waals surface area contributed by atoms with Crippen LogP contribution >= 0.6 is 0 Å². The van der Waals surface area contributed by atoms with Crippen LogP contribution < -0.4 is 0 Å². The maximum Gasteiger partial charge on any atom is 0.303 e. The molecule has 0 aliphatic rings. The smallest absolute Gasteiger partial charge is 0.303 e. The minimum Gasteiger partial charge on any atom is -0.481 e. The lowest BCUT2D eigenvalue weighted by molar-refractivity contribution is -0.137. The molecule has 1 rings (SSSR count). The Morgan fingerprint density at radius 1 is 1.19 bits per heavy atom. The van der Waals surface area contributed by atoms with Gasteiger partial charge in [-0.05, 0) is 31.7 Å². The van der Waals surface area contributed by atoms with E-state index < -0.39 is 5.97 Å². The van der Waals surface area contributed by atoms with Crippen molar-refractivity contribution >= 4 is 5.97 Å². The Bertz CT molecular complexity index is 331. The van der Waals surface area contributed by atoms with E-state index in [1.165, 1.54) is 11.1 Å². The van der Waals surface area contributed by atoms with Crippen molar-refractivity contribution in [2.45, 2.75) is 45.4 Å². The van der Waals surface area contributed by atoms with Crippen LogP contribution in [0.3, 0.4) is 0 Å². The summed E-state index contributed by atoms with van der Waals surface area (Å²) in [6.07, 6.45) is 5.53. The molecule has 0 saturated heterocycles. The van der Waals surface area contributed by atoms with Gasteiger partial charge >= 0.3 is 5.97 Å². The van der Waals surface area contributed by atoms with Gasteiger partial charge in [0.25, 0.3) is 0 Å². The first kappa shape index (κ1) is 12.8. The van der Waals surface area contributed by atoms with E-state index in [-0.39, 0.29) is 0 Å². The maximum absolute atomic E-state index is 10.3. The molecule has 0 bridgehead atoms. The van der Waals surface area contributed by atoms with Gasteiger partial charge in [0.15, 0.2) is 0 Å². The zero-order valence-electron chi connectivity index (χ0n) is 9.91. The summed E-state index contributed by atoms with van der Waals surface area (Å²) < 4.78 is 0. The van der Waals surface area contributed by atoms with Crippen LogP contribution in [0.25, 0.3) is 0 Å². The molecule has 2 nitrogen and oxygen atoms in total. The molecular formula is C14H20O2. The van der Waals surface area contributed by atoms with E-state index in [9.17, 15) is 4.79 Å². The normalized spacial score (nSPS) is 10.3. The highest BCUT2D eigenvalue weighted by molar-refractivity contribution is 5.66. The Labute approximate surface area is 97.3 Å². The highest BCUT2D eigenvalue weighted by Gasteiger charge is 1.97. The number of carboxylic acids is 1. The van der Waals surface area contributed by atoms with Crippen LogP contribution in [0.4, 0.5) is 0 Å². The second-order valence-electron chi connectivity index (χ2n) is 4.30. The van der Waals surface area contributed by atoms with Crippen molar-refractivity contribution in [2.24, 2.45) is 0 Å². The fraction of sp³-hybridized carbons (Fsp3) is 0.500. The zero-order valence-corrected chi connectivity index (χ0v) is 9.91. The minimum absolute atomic E-state index is 0.310. The van der Waals surface area contributed by atoms with Gasteiger partial charge in [0, 0.05) is 6.42 Å². The van der Waals surface area contributed by atoms with E-state index >= 15 is 0 Å². The number of hydrogen-bond acceptors (Lipinski definition) is 1. The first-order valence-corrected chi connectivity index (χ1v) is 5.96. The quantitative estimate of drug-likeness (QED) is 0.713. The molecule has 0 unspecified atom stereocenters. The molecule has 0 spiro atoms. The fourth-order valence-corrected chi connectivity index (χ4v) is 1.83. The van der Waals surface area contributed by atoms with Gasteiger partial charge in [0.05, 0.1) is 0 Å². The number of aryl methyl sites for hydroxylation is 2. The first-order chi connectivity index (χ1) is 7.68. The average Bonchev–Trinajstić information content (AvgIpc) is 2.23. The molecule has 16 heavy (non-hydrogen) atoms. The Morgan fingerprint density at radius 2 is 1.94 bits per heavy atom. The van der Waals surface area contributed by atoms with Gasteiger partial charge in [-0.2, -0.15) is 0 Å². The van der Waals surface area contributed by atoms with Crippen molar-refractivity contribution in [1.29, 1.82) is 0 Å². The van der Waals surface area contributed by atoms with Crippen molar-refractivity contribution in [3.8, 4) is 0 Å². The third kappa shape index (κ3) is 5.54. The predicted molar refractivity (Wildman–Crippen MR) is 65.6 cm³/mol. The Kier molecular flexibility index (Phi) is 5.62. The van der Waals surface area contributed by atoms with Gasteiger partial charge in [0.1, 0.15) is 0 Å². The summed E-state index contributed by atoms with van der Waals surface area (Å²) in [6, 6.07) is 8.58. The van der Waals surface area contributed by atoms with Crippen LogP contribution in [-0.4, -0.2) is 11.1 Å². The molecule has 0 atom stereocenters. The zero-order chi connectivity index (χ0) is 11.8. The number of carboxylic acid groups (broad SMARTS) is 1. The maximum atomic E-state index is 10.3. The summed E-state index contributed by atoms with van der Waals surface area (Å²) in [7, 11) is 0. The summed E-state index contributed by atoms with van der Waals surface area (Å²) in [5.74, 6) is -0.682. The molecule has 88 valence electrons. The molecule has 1 aromatic carbocycles. The SMILES string of the molecule is Cc1cccc(CCCCCCC(=O)O)c1. The molecule has 0 aromatic heterocycles. The molecule has 1 aromatic rings. The summed E-state index contributed by atoms with van der Waals surface area (Å²) >= 11 is 0. The molecule has 2 heteroatoms. The molecular weight excluding hydrogens is 200 g/mol. The van der Waals surface area contributed by atoms with Crippen LogP contribution in [0.15, 0.2) is 24.3 Å². The van der Waals surface area contributed by atoms with E-state index in [2.05, 4.69) is 31.2 Å². The Morgan fingerprint density at radius 3 is 2.62 bits per heavy atom. The van der Waals surface area contributed by atoms with Crippen LogP contribution in [-0.2, 0) is 11.2 Å². The minimum atomic E-state index is -0.682. The third-order valence-corrected chi connectivity index (χ3v) is 2.69. The van der Waals surface area contributed by atoms with Gasteiger partial charge < -0.3 is 5.11 Å². The molecule has 0 fully saturated rings. The van der Waals surface area contributed by atoms with E-state index in [4.69, 9.17) is 5.11 Å². The number of aliphatic carboxylic acids is 1. The van der Waals surface area contributed by atoms with E-state index in [0.717, 1.165) is 32.1 Å². The summed E-state index contributed by atoms with van der Waals surface area (Å²) in [5.41, 5.74) is 2.70. The van der Waals surface area contributed by atoms with Crippen LogP contribution in [0.5, 0.6) is 0 Å². The first-order valence-electron chi connectivity index (χ1n) is 5.96. The summed E-state index contributed by atoms with van der Waals surface area (Å²) in [5, 5.41) is 8.48. The van der Waals surface area contributed by atoms with Crippen molar-refractivity contribution in [3.63, 3.8) is 0 Å². The summed E-state index contributed by atoms with van der Waals surface area (Å²) in [4.78, 5) is 10.3. The monoisotopic (exact) mass is 220 g/mol. The van der Waals surface area contributed by atoms with Crippen LogP contribution in [0.1, 0.15) is 43.2 Å². The molecule has 1 N–H and O–H groups in total. The number of rotatable bonds is 7. The van der Waals surface area contributed by atoms with E-state index in [1.807, 2.05) is 0 Å². The molecule has 0 aliphatic heterocycles. The molecule has 0 heterocycles. The van der Waals surface area contributed by atoms with Crippen molar-refractivity contribution in [2.75, 3.05) is 0 Å². The van der Waals surface area contributed by atoms with E-state index in [1.54, 1.807) is 0 Å². The van der Waals surface area contributed by atoms with Gasteiger partial charge in [0.2, 0.25) is 0 Å². The van der Waals surface area contributed by atoms with Crippen molar-refractivity contribution in [1.82, 2.24) is 0 Å². The van der Waals surface area contributed by atoms with Gasteiger partial charge in [-0.25, -0.2) is 0 Å². The van der Waals surface area contributed by atoms with Gasteiger partial charge in [-0.1, -0.05) is 42.7 Å². The third-order valence-electron chi connectivity index (χ3n) is 2.69. The van der Waals surface area contributed by atoms with E-state index in [0.29, 0.717) is 6.42 Å². The Hall–Kier alpha value is -1.31.